The lowest BCUT2D eigenvalue weighted by Gasteiger charge is -2.33. The lowest BCUT2D eigenvalue weighted by molar-refractivity contribution is 0.152. The highest BCUT2D eigenvalue weighted by molar-refractivity contribution is 14.0. The summed E-state index contributed by atoms with van der Waals surface area (Å²) in [4.78, 5) is 12.7. The Balaban J connectivity index is 0.00000300. The second-order valence-electron chi connectivity index (χ2n) is 7.65. The molecule has 1 aliphatic rings. The molecule has 7 heteroatoms. The molecule has 2 N–H and O–H groups in total. The monoisotopic (exact) mass is 527 g/mol. The third-order valence-electron chi connectivity index (χ3n) is 5.45. The quantitative estimate of drug-likeness (QED) is 0.327. The number of aromatic nitrogens is 1. The van der Waals surface area contributed by atoms with Crippen molar-refractivity contribution >= 4 is 41.3 Å². The number of guanidine groups is 1. The van der Waals surface area contributed by atoms with Crippen LogP contribution in [0.3, 0.4) is 0 Å². The van der Waals surface area contributed by atoms with Gasteiger partial charge in [-0.15, -0.1) is 35.3 Å². The first-order valence-corrected chi connectivity index (χ1v) is 11.1. The van der Waals surface area contributed by atoms with E-state index in [0.29, 0.717) is 6.04 Å². The first-order valence-electron chi connectivity index (χ1n) is 10.2. The third-order valence-corrected chi connectivity index (χ3v) is 6.52. The molecule has 0 bridgehead atoms. The van der Waals surface area contributed by atoms with Gasteiger partial charge in [0.15, 0.2) is 5.96 Å². The number of aryl methyl sites for hydroxylation is 2. The largest absolute Gasteiger partial charge is 0.352 e. The zero-order chi connectivity index (χ0) is 19.9. The molecule has 1 aromatic heterocycles. The molecule has 1 fully saturated rings. The minimum atomic E-state index is 0. The number of rotatable bonds is 6. The van der Waals surface area contributed by atoms with Gasteiger partial charge >= 0.3 is 0 Å². The van der Waals surface area contributed by atoms with Gasteiger partial charge in [0.2, 0.25) is 0 Å². The average Bonchev–Trinajstić information content (AvgIpc) is 3.02. The Hall–Kier alpha value is -1.19. The summed E-state index contributed by atoms with van der Waals surface area (Å²) >= 11 is 1.74. The second kappa shape index (κ2) is 11.9. The predicted octanol–water partition coefficient (Wildman–Crippen LogP) is 4.62. The molecule has 1 aromatic carbocycles. The van der Waals surface area contributed by atoms with Crippen molar-refractivity contribution in [2.24, 2.45) is 4.99 Å². The van der Waals surface area contributed by atoms with Crippen molar-refractivity contribution in [2.75, 3.05) is 13.6 Å². The van der Waals surface area contributed by atoms with E-state index in [1.807, 2.05) is 14.0 Å². The molecule has 0 spiro atoms. The van der Waals surface area contributed by atoms with E-state index in [1.54, 1.807) is 11.3 Å². The van der Waals surface area contributed by atoms with Crippen LogP contribution < -0.4 is 10.6 Å². The van der Waals surface area contributed by atoms with E-state index in [1.165, 1.54) is 41.8 Å². The van der Waals surface area contributed by atoms with Crippen LogP contribution in [0.2, 0.25) is 0 Å². The van der Waals surface area contributed by atoms with Crippen LogP contribution in [0.5, 0.6) is 0 Å². The van der Waals surface area contributed by atoms with Gasteiger partial charge in [-0.05, 0) is 51.3 Å². The van der Waals surface area contributed by atoms with Crippen LogP contribution in [-0.2, 0) is 19.6 Å². The number of hydrogen-bond acceptors (Lipinski definition) is 4. The molecule has 0 saturated carbocycles. The molecule has 0 amide bonds. The molecule has 1 unspecified atom stereocenters. The van der Waals surface area contributed by atoms with Crippen LogP contribution in [0.1, 0.15) is 52.9 Å². The van der Waals surface area contributed by atoms with Crippen LogP contribution >= 0.6 is 35.3 Å². The van der Waals surface area contributed by atoms with E-state index < -0.39 is 0 Å². The van der Waals surface area contributed by atoms with Crippen molar-refractivity contribution in [3.8, 4) is 0 Å². The molecule has 2 aromatic rings. The highest BCUT2D eigenvalue weighted by Gasteiger charge is 2.17. The van der Waals surface area contributed by atoms with Crippen molar-refractivity contribution in [1.82, 2.24) is 20.5 Å². The summed E-state index contributed by atoms with van der Waals surface area (Å²) in [5.74, 6) is 0.816. The molecule has 1 saturated heterocycles. The highest BCUT2D eigenvalue weighted by Crippen LogP contribution is 2.19. The van der Waals surface area contributed by atoms with Crippen LogP contribution in [-0.4, -0.2) is 35.5 Å². The molecule has 3 rings (SSSR count). The highest BCUT2D eigenvalue weighted by atomic mass is 127. The van der Waals surface area contributed by atoms with Crippen molar-refractivity contribution in [1.29, 1.82) is 0 Å². The fraction of sp³-hybridized carbons (Fsp3) is 0.545. The van der Waals surface area contributed by atoms with Crippen LogP contribution in [0.4, 0.5) is 0 Å². The summed E-state index contributed by atoms with van der Waals surface area (Å²) < 4.78 is 0. The minimum absolute atomic E-state index is 0. The number of nitrogens with zero attached hydrogens (tertiary/aromatic N) is 3. The van der Waals surface area contributed by atoms with E-state index in [9.17, 15) is 0 Å². The summed E-state index contributed by atoms with van der Waals surface area (Å²) in [6, 6.07) is 9.67. The van der Waals surface area contributed by atoms with Crippen molar-refractivity contribution in [3.63, 3.8) is 0 Å². The molecule has 1 aliphatic heterocycles. The van der Waals surface area contributed by atoms with Crippen molar-refractivity contribution < 1.29 is 0 Å². The van der Waals surface area contributed by atoms with Gasteiger partial charge < -0.3 is 10.6 Å². The fourth-order valence-electron chi connectivity index (χ4n) is 3.70. The number of thiazole rings is 1. The second-order valence-corrected chi connectivity index (χ2v) is 8.94. The molecule has 5 nitrogen and oxygen atoms in total. The standard InChI is InChI=1S/C22H33N5S.HI/c1-16-7-5-6-12-27(16)15-20-10-8-19(9-11-20)13-24-22(23-4)25-14-21-17(2)26-18(3)28-21;/h8-11,16H,5-7,12-15H2,1-4H3,(H2,23,24,25);1H. The van der Waals surface area contributed by atoms with Gasteiger partial charge in [0, 0.05) is 31.1 Å². The number of nitrogens with one attached hydrogen (secondary N) is 2. The molecular formula is C22H34IN5S. The Bertz CT molecular complexity index is 787. The molecular weight excluding hydrogens is 493 g/mol. The average molecular weight is 528 g/mol. The Morgan fingerprint density at radius 2 is 1.83 bits per heavy atom. The summed E-state index contributed by atoms with van der Waals surface area (Å²) in [7, 11) is 1.81. The summed E-state index contributed by atoms with van der Waals surface area (Å²) in [5.41, 5.74) is 3.77. The summed E-state index contributed by atoms with van der Waals surface area (Å²) in [6.45, 7) is 10.3. The SMILES string of the molecule is CN=C(NCc1ccc(CN2CCCCC2C)cc1)NCc1sc(C)nc1C.I. The van der Waals surface area contributed by atoms with Crippen LogP contribution in [0.15, 0.2) is 29.3 Å². The Morgan fingerprint density at radius 3 is 2.45 bits per heavy atom. The fourth-order valence-corrected chi connectivity index (χ4v) is 4.57. The number of halogens is 1. The first-order chi connectivity index (χ1) is 13.5. The molecule has 2 heterocycles. The van der Waals surface area contributed by atoms with E-state index in [2.05, 4.69) is 63.6 Å². The van der Waals surface area contributed by atoms with Gasteiger partial charge in [0.1, 0.15) is 0 Å². The van der Waals surface area contributed by atoms with E-state index in [4.69, 9.17) is 0 Å². The third kappa shape index (κ3) is 7.22. The Labute approximate surface area is 196 Å². The molecule has 0 radical (unpaired) electrons. The van der Waals surface area contributed by atoms with Crippen LogP contribution in [0, 0.1) is 13.8 Å². The molecule has 0 aliphatic carbocycles. The van der Waals surface area contributed by atoms with Crippen LogP contribution in [0.25, 0.3) is 0 Å². The maximum Gasteiger partial charge on any atom is 0.191 e. The number of hydrogen-bond donors (Lipinski definition) is 2. The Morgan fingerprint density at radius 1 is 1.14 bits per heavy atom. The van der Waals surface area contributed by atoms with Gasteiger partial charge in [0.25, 0.3) is 0 Å². The number of piperidine rings is 1. The smallest absolute Gasteiger partial charge is 0.191 e. The van der Waals surface area contributed by atoms with E-state index in [-0.39, 0.29) is 24.0 Å². The normalized spacial score (nSPS) is 17.7. The lowest BCUT2D eigenvalue weighted by atomic mass is 10.0. The topological polar surface area (TPSA) is 52.6 Å². The summed E-state index contributed by atoms with van der Waals surface area (Å²) in [5, 5.41) is 7.89. The molecule has 1 atom stereocenters. The van der Waals surface area contributed by atoms with E-state index >= 15 is 0 Å². The number of aliphatic imine (C=N–C) groups is 1. The van der Waals surface area contributed by atoms with Gasteiger partial charge in [-0.1, -0.05) is 30.7 Å². The lowest BCUT2D eigenvalue weighted by Crippen LogP contribution is -2.36. The van der Waals surface area contributed by atoms with Gasteiger partial charge in [0.05, 0.1) is 17.2 Å². The number of benzene rings is 1. The maximum absolute atomic E-state index is 4.48. The van der Waals surface area contributed by atoms with Gasteiger partial charge in [-0.2, -0.15) is 0 Å². The minimum Gasteiger partial charge on any atom is -0.352 e. The van der Waals surface area contributed by atoms with Crippen molar-refractivity contribution in [3.05, 3.63) is 51.0 Å². The molecule has 160 valence electrons. The van der Waals surface area contributed by atoms with Crippen molar-refractivity contribution in [2.45, 2.75) is 65.7 Å². The zero-order valence-electron chi connectivity index (χ0n) is 18.0. The predicted molar refractivity (Wildman–Crippen MR) is 134 cm³/mol. The molecule has 29 heavy (non-hydrogen) atoms. The number of likely N-dealkylation sites (tertiary alicyclic amines) is 1. The van der Waals surface area contributed by atoms with Gasteiger partial charge in [-0.3, -0.25) is 9.89 Å². The maximum atomic E-state index is 4.48. The van der Waals surface area contributed by atoms with Gasteiger partial charge in [-0.25, -0.2) is 4.98 Å². The zero-order valence-corrected chi connectivity index (χ0v) is 21.1. The van der Waals surface area contributed by atoms with E-state index in [0.717, 1.165) is 36.3 Å². The first kappa shape index (κ1) is 24.1. The summed E-state index contributed by atoms with van der Waals surface area (Å²) in [6.07, 6.45) is 4.04. The Kier molecular flexibility index (Phi) is 9.85.